The van der Waals surface area contributed by atoms with Crippen LogP contribution in [0.25, 0.3) is 11.3 Å². The summed E-state index contributed by atoms with van der Waals surface area (Å²) in [6, 6.07) is 10.4. The van der Waals surface area contributed by atoms with Crippen molar-refractivity contribution >= 4 is 5.91 Å². The topological polar surface area (TPSA) is 51.0 Å². The summed E-state index contributed by atoms with van der Waals surface area (Å²) < 4.78 is 1.89. The van der Waals surface area contributed by atoms with Crippen molar-refractivity contribution in [1.29, 1.82) is 0 Å². The van der Waals surface area contributed by atoms with Gasteiger partial charge in [-0.3, -0.25) is 4.79 Å². The van der Waals surface area contributed by atoms with E-state index in [1.807, 2.05) is 41.2 Å². The summed E-state index contributed by atoms with van der Waals surface area (Å²) >= 11 is 0. The van der Waals surface area contributed by atoms with Crippen molar-refractivity contribution in [3.05, 3.63) is 36.5 Å². The summed E-state index contributed by atoms with van der Waals surface area (Å²) in [6.45, 7) is 3.83. The molecule has 2 fully saturated rings. The monoisotopic (exact) mass is 324 g/mol. The second-order valence-corrected chi connectivity index (χ2v) is 7.03. The molecule has 1 aromatic heterocycles. The molecule has 4 rings (SSSR count). The van der Waals surface area contributed by atoms with Crippen LogP contribution in [0.1, 0.15) is 32.6 Å². The third kappa shape index (κ3) is 2.95. The number of hydrogen-bond acceptors (Lipinski definition) is 3. The van der Waals surface area contributed by atoms with Gasteiger partial charge in [0.25, 0.3) is 0 Å². The summed E-state index contributed by atoms with van der Waals surface area (Å²) in [4.78, 5) is 14.8. The quantitative estimate of drug-likeness (QED) is 0.849. The van der Waals surface area contributed by atoms with Crippen molar-refractivity contribution in [2.24, 2.45) is 11.8 Å². The fourth-order valence-electron chi connectivity index (χ4n) is 3.87. The molecule has 1 aliphatic carbocycles. The van der Waals surface area contributed by atoms with E-state index in [1.165, 1.54) is 0 Å². The first kappa shape index (κ1) is 15.4. The minimum atomic E-state index is 0.265. The van der Waals surface area contributed by atoms with Gasteiger partial charge in [-0.25, -0.2) is 4.68 Å². The van der Waals surface area contributed by atoms with Gasteiger partial charge >= 0.3 is 0 Å². The van der Waals surface area contributed by atoms with Crippen LogP contribution in [0, 0.1) is 11.8 Å². The second kappa shape index (κ2) is 6.38. The van der Waals surface area contributed by atoms with E-state index in [1.54, 1.807) is 0 Å². The highest BCUT2D eigenvalue weighted by Crippen LogP contribution is 2.43. The van der Waals surface area contributed by atoms with Crippen LogP contribution in [0.5, 0.6) is 0 Å². The van der Waals surface area contributed by atoms with Gasteiger partial charge < -0.3 is 4.90 Å². The Morgan fingerprint density at radius 1 is 1.29 bits per heavy atom. The van der Waals surface area contributed by atoms with Crippen molar-refractivity contribution in [3.8, 4) is 11.3 Å². The molecule has 2 heterocycles. The Balaban J connectivity index is 1.43. The molecule has 126 valence electrons. The minimum absolute atomic E-state index is 0.265. The van der Waals surface area contributed by atoms with Crippen molar-refractivity contribution in [3.63, 3.8) is 0 Å². The molecule has 1 amide bonds. The molecule has 2 aromatic rings. The zero-order valence-corrected chi connectivity index (χ0v) is 14.1. The highest BCUT2D eigenvalue weighted by atomic mass is 16.2. The van der Waals surface area contributed by atoms with Gasteiger partial charge in [0.05, 0.1) is 18.8 Å². The molecular weight excluding hydrogens is 300 g/mol. The average molecular weight is 324 g/mol. The van der Waals surface area contributed by atoms with Crippen molar-refractivity contribution in [1.82, 2.24) is 19.9 Å². The summed E-state index contributed by atoms with van der Waals surface area (Å²) in [5.74, 6) is 1.27. The van der Waals surface area contributed by atoms with E-state index in [2.05, 4.69) is 22.1 Å². The fraction of sp³-hybridized carbons (Fsp3) is 0.526. The number of likely N-dealkylation sites (tertiary alicyclic amines) is 1. The molecule has 1 saturated carbocycles. The van der Waals surface area contributed by atoms with Gasteiger partial charge in [-0.2, -0.15) is 0 Å². The molecule has 0 bridgehead atoms. The first-order valence-corrected chi connectivity index (χ1v) is 9.02. The Labute approximate surface area is 142 Å². The standard InChI is InChI=1S/C19H24N4O/c1-2-14-11-17(14)19(24)23-10-6-9-16(23)12-22-13-18(20-21-22)15-7-4-3-5-8-15/h3-5,7-8,13-14,16-17H,2,6,9-12H2,1H3/t14-,16?,17-/m1/s1. The molecule has 0 spiro atoms. The fourth-order valence-corrected chi connectivity index (χ4v) is 3.87. The summed E-state index contributed by atoms with van der Waals surface area (Å²) in [6.07, 6.45) is 6.36. The lowest BCUT2D eigenvalue weighted by atomic mass is 10.2. The number of hydrogen-bond donors (Lipinski definition) is 0. The molecule has 5 heteroatoms. The van der Waals surface area contributed by atoms with Gasteiger partial charge in [0.15, 0.2) is 0 Å². The third-order valence-electron chi connectivity index (χ3n) is 5.43. The number of benzene rings is 1. The van der Waals surface area contributed by atoms with Gasteiger partial charge in [-0.15, -0.1) is 5.10 Å². The Kier molecular flexibility index (Phi) is 4.08. The maximum Gasteiger partial charge on any atom is 0.226 e. The van der Waals surface area contributed by atoms with Gasteiger partial charge in [0, 0.05) is 18.0 Å². The predicted molar refractivity (Wildman–Crippen MR) is 92.1 cm³/mol. The SMILES string of the molecule is CC[C@@H]1C[C@H]1C(=O)N1CCCC1Cn1cc(-c2ccccc2)nn1. The van der Waals surface area contributed by atoms with Crippen LogP contribution < -0.4 is 0 Å². The Morgan fingerprint density at radius 3 is 2.88 bits per heavy atom. The largest absolute Gasteiger partial charge is 0.338 e. The minimum Gasteiger partial charge on any atom is -0.338 e. The highest BCUT2D eigenvalue weighted by molar-refractivity contribution is 5.82. The van der Waals surface area contributed by atoms with Gasteiger partial charge in [-0.1, -0.05) is 48.9 Å². The Bertz CT molecular complexity index is 711. The molecule has 1 saturated heterocycles. The zero-order valence-electron chi connectivity index (χ0n) is 14.1. The van der Waals surface area contributed by atoms with Gasteiger partial charge in [0.1, 0.15) is 5.69 Å². The van der Waals surface area contributed by atoms with Crippen LogP contribution >= 0.6 is 0 Å². The zero-order chi connectivity index (χ0) is 16.5. The van der Waals surface area contributed by atoms with Crippen LogP contribution in [-0.4, -0.2) is 38.4 Å². The number of carbonyl (C=O) groups is 1. The van der Waals surface area contributed by atoms with E-state index < -0.39 is 0 Å². The Morgan fingerprint density at radius 2 is 2.12 bits per heavy atom. The summed E-state index contributed by atoms with van der Waals surface area (Å²) in [7, 11) is 0. The van der Waals surface area contributed by atoms with Crippen LogP contribution in [0.4, 0.5) is 0 Å². The molecule has 5 nitrogen and oxygen atoms in total. The lowest BCUT2D eigenvalue weighted by molar-refractivity contribution is -0.134. The normalized spacial score (nSPS) is 25.9. The lowest BCUT2D eigenvalue weighted by Gasteiger charge is -2.24. The van der Waals surface area contributed by atoms with E-state index in [4.69, 9.17) is 0 Å². The first-order valence-electron chi connectivity index (χ1n) is 9.02. The first-order chi connectivity index (χ1) is 11.8. The average Bonchev–Trinajstić information content (AvgIpc) is 3.02. The van der Waals surface area contributed by atoms with Gasteiger partial charge in [0.2, 0.25) is 5.91 Å². The van der Waals surface area contributed by atoms with Crippen molar-refractivity contribution in [2.75, 3.05) is 6.54 Å². The second-order valence-electron chi connectivity index (χ2n) is 7.03. The lowest BCUT2D eigenvalue weighted by Crippen LogP contribution is -2.39. The maximum absolute atomic E-state index is 12.7. The van der Waals surface area contributed by atoms with Crippen LogP contribution in [0.15, 0.2) is 36.5 Å². The molecule has 2 aliphatic rings. The van der Waals surface area contributed by atoms with Crippen molar-refractivity contribution < 1.29 is 4.79 Å². The van der Waals surface area contributed by atoms with E-state index in [-0.39, 0.29) is 12.0 Å². The number of aromatic nitrogens is 3. The summed E-state index contributed by atoms with van der Waals surface area (Å²) in [5.41, 5.74) is 1.96. The van der Waals surface area contributed by atoms with Gasteiger partial charge in [-0.05, 0) is 25.2 Å². The molecule has 3 atom stereocenters. The van der Waals surface area contributed by atoms with E-state index in [0.29, 0.717) is 11.8 Å². The molecule has 0 radical (unpaired) electrons. The molecule has 1 aliphatic heterocycles. The molecule has 1 aromatic carbocycles. The number of nitrogens with zero attached hydrogens (tertiary/aromatic N) is 4. The third-order valence-corrected chi connectivity index (χ3v) is 5.43. The highest BCUT2D eigenvalue weighted by Gasteiger charge is 2.45. The number of amides is 1. The predicted octanol–water partition coefficient (Wildman–Crippen LogP) is 2.98. The smallest absolute Gasteiger partial charge is 0.226 e. The molecular formula is C19H24N4O. The summed E-state index contributed by atoms with van der Waals surface area (Å²) in [5, 5.41) is 8.55. The maximum atomic E-state index is 12.7. The van der Waals surface area contributed by atoms with Crippen LogP contribution in [0.3, 0.4) is 0 Å². The molecule has 1 unspecified atom stereocenters. The Hall–Kier alpha value is -2.17. The van der Waals surface area contributed by atoms with E-state index >= 15 is 0 Å². The van der Waals surface area contributed by atoms with Crippen LogP contribution in [-0.2, 0) is 11.3 Å². The molecule has 0 N–H and O–H groups in total. The number of rotatable bonds is 5. The van der Waals surface area contributed by atoms with E-state index in [9.17, 15) is 4.79 Å². The molecule has 24 heavy (non-hydrogen) atoms. The van der Waals surface area contributed by atoms with E-state index in [0.717, 1.165) is 50.0 Å². The van der Waals surface area contributed by atoms with Crippen molar-refractivity contribution in [2.45, 2.75) is 45.2 Å². The van der Waals surface area contributed by atoms with Crippen LogP contribution in [0.2, 0.25) is 0 Å². The number of carbonyl (C=O) groups excluding carboxylic acids is 1.